The number of unbranched alkanes of at least 4 members (excludes halogenated alkanes) is 1. The minimum atomic E-state index is -0.792. The van der Waals surface area contributed by atoms with Crippen LogP contribution in [-0.4, -0.2) is 27.0 Å². The first-order chi connectivity index (χ1) is 17.6. The molecule has 0 bridgehead atoms. The fourth-order valence-corrected chi connectivity index (χ4v) is 4.95. The number of rotatable bonds is 8. The van der Waals surface area contributed by atoms with Gasteiger partial charge >= 0.3 is 5.97 Å². The van der Waals surface area contributed by atoms with Gasteiger partial charge in [-0.15, -0.1) is 0 Å². The Labute approximate surface area is 210 Å². The molecular formula is C30H29N3O3. The first kappa shape index (κ1) is 23.7. The van der Waals surface area contributed by atoms with Crippen molar-refractivity contribution in [3.8, 4) is 11.3 Å². The van der Waals surface area contributed by atoms with Gasteiger partial charge in [0.15, 0.2) is 0 Å². The van der Waals surface area contributed by atoms with E-state index in [0.29, 0.717) is 30.3 Å². The Bertz CT molecular complexity index is 1400. The zero-order valence-electron chi connectivity index (χ0n) is 20.1. The molecule has 6 heteroatoms. The van der Waals surface area contributed by atoms with Gasteiger partial charge in [0.25, 0.3) is 5.91 Å². The normalized spacial score (nSPS) is 14.8. The van der Waals surface area contributed by atoms with Gasteiger partial charge in [-0.25, -0.2) is 9.97 Å². The van der Waals surface area contributed by atoms with Gasteiger partial charge in [-0.1, -0.05) is 54.6 Å². The van der Waals surface area contributed by atoms with Crippen LogP contribution in [0.4, 0.5) is 0 Å². The molecule has 5 rings (SSSR count). The van der Waals surface area contributed by atoms with Crippen LogP contribution < -0.4 is 5.32 Å². The van der Waals surface area contributed by atoms with Crippen molar-refractivity contribution in [3.63, 3.8) is 0 Å². The fourth-order valence-electron chi connectivity index (χ4n) is 4.95. The van der Waals surface area contributed by atoms with E-state index < -0.39 is 5.97 Å². The third-order valence-corrected chi connectivity index (χ3v) is 6.77. The Morgan fingerprint density at radius 2 is 1.72 bits per heavy atom. The number of hydrogen-bond donors (Lipinski definition) is 2. The smallest absolute Gasteiger partial charge is 0.303 e. The number of carbonyl (C=O) groups excluding carboxylic acids is 1. The van der Waals surface area contributed by atoms with Crippen molar-refractivity contribution < 1.29 is 14.7 Å². The number of nitrogens with one attached hydrogen (secondary N) is 1. The highest BCUT2D eigenvalue weighted by molar-refractivity contribution is 5.97. The lowest BCUT2D eigenvalue weighted by Gasteiger charge is -2.26. The number of amides is 1. The van der Waals surface area contributed by atoms with Crippen LogP contribution in [0.1, 0.15) is 65.3 Å². The number of carbonyl (C=O) groups is 2. The molecule has 0 spiro atoms. The van der Waals surface area contributed by atoms with Crippen LogP contribution in [0.15, 0.2) is 72.8 Å². The molecule has 0 saturated heterocycles. The lowest BCUT2D eigenvalue weighted by Crippen LogP contribution is -2.31. The van der Waals surface area contributed by atoms with Crippen LogP contribution >= 0.6 is 0 Å². The first-order valence-corrected chi connectivity index (χ1v) is 12.5. The van der Waals surface area contributed by atoms with Gasteiger partial charge in [0.05, 0.1) is 28.5 Å². The summed E-state index contributed by atoms with van der Waals surface area (Å²) in [5.41, 5.74) is 7.05. The molecule has 0 fully saturated rings. The largest absolute Gasteiger partial charge is 0.481 e. The summed E-state index contributed by atoms with van der Waals surface area (Å²) in [6.07, 6.45) is 5.07. The number of aryl methyl sites for hydroxylation is 2. The molecule has 6 nitrogen and oxygen atoms in total. The van der Waals surface area contributed by atoms with Crippen LogP contribution in [0.5, 0.6) is 0 Å². The van der Waals surface area contributed by atoms with Crippen molar-refractivity contribution in [1.82, 2.24) is 15.3 Å². The molecule has 0 aliphatic heterocycles. The molecule has 3 aromatic carbocycles. The van der Waals surface area contributed by atoms with Crippen LogP contribution in [-0.2, 0) is 17.6 Å². The highest BCUT2D eigenvalue weighted by Crippen LogP contribution is 2.30. The topological polar surface area (TPSA) is 92.2 Å². The van der Waals surface area contributed by atoms with E-state index in [1.54, 1.807) is 0 Å². The predicted octanol–water partition coefficient (Wildman–Crippen LogP) is 5.90. The van der Waals surface area contributed by atoms with E-state index in [9.17, 15) is 9.59 Å². The predicted molar refractivity (Wildman–Crippen MR) is 140 cm³/mol. The van der Waals surface area contributed by atoms with Gasteiger partial charge < -0.3 is 10.4 Å². The Balaban J connectivity index is 1.42. The van der Waals surface area contributed by atoms with Crippen molar-refractivity contribution in [3.05, 3.63) is 95.2 Å². The van der Waals surface area contributed by atoms with Gasteiger partial charge in [-0.3, -0.25) is 9.59 Å². The minimum Gasteiger partial charge on any atom is -0.481 e. The van der Waals surface area contributed by atoms with Gasteiger partial charge in [0.2, 0.25) is 0 Å². The molecule has 0 saturated carbocycles. The number of carboxylic acid groups (broad SMARTS) is 1. The lowest BCUT2D eigenvalue weighted by atomic mass is 9.87. The number of benzene rings is 3. The Morgan fingerprint density at radius 1 is 0.917 bits per heavy atom. The maximum atomic E-state index is 13.2. The van der Waals surface area contributed by atoms with E-state index in [4.69, 9.17) is 15.1 Å². The number of aromatic nitrogens is 2. The van der Waals surface area contributed by atoms with E-state index in [1.807, 2.05) is 60.7 Å². The summed E-state index contributed by atoms with van der Waals surface area (Å²) in [5.74, 6) is -0.908. The lowest BCUT2D eigenvalue weighted by molar-refractivity contribution is -0.137. The second kappa shape index (κ2) is 10.7. The van der Waals surface area contributed by atoms with E-state index in [-0.39, 0.29) is 18.4 Å². The fraction of sp³-hybridized carbons (Fsp3) is 0.267. The standard InChI is InChI=1S/C30H29N3O3/c34-28(35)16-7-6-14-26-29(21-10-2-1-3-11-21)32-25-18-17-22(19-27(25)31-26)30(36)33-24-15-8-12-20-9-4-5-13-23(20)24/h1-5,9-11,13,17-19,24H,6-8,12,14-16H2,(H,33,36)(H,34,35)/t24-/m1/s1. The molecule has 0 radical (unpaired) electrons. The van der Waals surface area contributed by atoms with Crippen LogP contribution in [0.25, 0.3) is 22.3 Å². The second-order valence-electron chi connectivity index (χ2n) is 9.31. The maximum absolute atomic E-state index is 13.2. The van der Waals surface area contributed by atoms with Crippen molar-refractivity contribution in [2.75, 3.05) is 0 Å². The van der Waals surface area contributed by atoms with Crippen LogP contribution in [0.3, 0.4) is 0 Å². The number of carboxylic acids is 1. The van der Waals surface area contributed by atoms with Gasteiger partial charge in [-0.2, -0.15) is 0 Å². The highest BCUT2D eigenvalue weighted by Gasteiger charge is 2.22. The van der Waals surface area contributed by atoms with Gasteiger partial charge in [-0.05, 0) is 67.9 Å². The molecule has 1 amide bonds. The monoisotopic (exact) mass is 479 g/mol. The molecule has 2 N–H and O–H groups in total. The molecular weight excluding hydrogens is 450 g/mol. The van der Waals surface area contributed by atoms with Crippen LogP contribution in [0.2, 0.25) is 0 Å². The average Bonchev–Trinajstić information content (AvgIpc) is 2.91. The Kier molecular flexibility index (Phi) is 7.03. The van der Waals surface area contributed by atoms with E-state index in [2.05, 4.69) is 17.4 Å². The summed E-state index contributed by atoms with van der Waals surface area (Å²) in [6.45, 7) is 0. The van der Waals surface area contributed by atoms with Crippen molar-refractivity contribution in [2.24, 2.45) is 0 Å². The molecule has 36 heavy (non-hydrogen) atoms. The molecule has 1 aliphatic rings. The zero-order valence-corrected chi connectivity index (χ0v) is 20.1. The van der Waals surface area contributed by atoms with Crippen molar-refractivity contribution >= 4 is 22.9 Å². The highest BCUT2D eigenvalue weighted by atomic mass is 16.4. The third kappa shape index (κ3) is 5.28. The maximum Gasteiger partial charge on any atom is 0.303 e. The van der Waals surface area contributed by atoms with Crippen molar-refractivity contribution in [2.45, 2.75) is 51.0 Å². The summed E-state index contributed by atoms with van der Waals surface area (Å²) >= 11 is 0. The number of aliphatic carboxylic acids is 1. The molecule has 1 atom stereocenters. The molecule has 1 aliphatic carbocycles. The average molecular weight is 480 g/mol. The summed E-state index contributed by atoms with van der Waals surface area (Å²) in [7, 11) is 0. The summed E-state index contributed by atoms with van der Waals surface area (Å²) in [5, 5.41) is 12.2. The van der Waals surface area contributed by atoms with Gasteiger partial charge in [0.1, 0.15) is 0 Å². The first-order valence-electron chi connectivity index (χ1n) is 12.5. The third-order valence-electron chi connectivity index (χ3n) is 6.77. The molecule has 182 valence electrons. The SMILES string of the molecule is O=C(O)CCCCc1nc2cc(C(=O)N[C@@H]3CCCc4ccccc43)ccc2nc1-c1ccccc1. The van der Waals surface area contributed by atoms with E-state index in [0.717, 1.165) is 41.7 Å². The van der Waals surface area contributed by atoms with E-state index in [1.165, 1.54) is 11.1 Å². The zero-order chi connectivity index (χ0) is 24.9. The summed E-state index contributed by atoms with van der Waals surface area (Å²) < 4.78 is 0. The molecule has 0 unspecified atom stereocenters. The molecule has 4 aromatic rings. The van der Waals surface area contributed by atoms with Crippen molar-refractivity contribution in [1.29, 1.82) is 0 Å². The Morgan fingerprint density at radius 3 is 2.56 bits per heavy atom. The number of nitrogens with zero attached hydrogens (tertiary/aromatic N) is 2. The van der Waals surface area contributed by atoms with Crippen LogP contribution in [0, 0.1) is 0 Å². The minimum absolute atomic E-state index is 0.00878. The molecule has 1 aromatic heterocycles. The summed E-state index contributed by atoms with van der Waals surface area (Å²) in [4.78, 5) is 33.9. The molecule has 1 heterocycles. The Hall–Kier alpha value is -4.06. The number of fused-ring (bicyclic) bond motifs is 2. The second-order valence-corrected chi connectivity index (χ2v) is 9.31. The summed E-state index contributed by atoms with van der Waals surface area (Å²) in [6, 6.07) is 23.7. The number of hydrogen-bond acceptors (Lipinski definition) is 4. The van der Waals surface area contributed by atoms with E-state index >= 15 is 0 Å². The van der Waals surface area contributed by atoms with Gasteiger partial charge in [0, 0.05) is 17.5 Å². The quantitative estimate of drug-likeness (QED) is 0.307.